The van der Waals surface area contributed by atoms with Crippen LogP contribution in [0.4, 0.5) is 5.13 Å². The number of amides is 1. The molecule has 1 amide bonds. The third-order valence-corrected chi connectivity index (χ3v) is 6.85. The quantitative estimate of drug-likeness (QED) is 0.412. The smallest absolute Gasteiger partial charge is 0.270 e. The Balaban J connectivity index is 1.57. The minimum absolute atomic E-state index is 0.0985. The van der Waals surface area contributed by atoms with Gasteiger partial charge in [0.1, 0.15) is 0 Å². The Morgan fingerprint density at radius 1 is 1.18 bits per heavy atom. The normalized spacial score (nSPS) is 12.5. The van der Waals surface area contributed by atoms with Gasteiger partial charge in [-0.1, -0.05) is 17.4 Å². The van der Waals surface area contributed by atoms with Crippen LogP contribution in [0.15, 0.2) is 52.6 Å². The van der Waals surface area contributed by atoms with Crippen LogP contribution >= 0.6 is 38.6 Å². The zero-order valence-electron chi connectivity index (χ0n) is 14.3. The van der Waals surface area contributed by atoms with Gasteiger partial charge in [0.2, 0.25) is 6.79 Å². The number of carbonyl (C=O) groups excluding carboxylic acids is 1. The molecule has 0 N–H and O–H groups in total. The van der Waals surface area contributed by atoms with Crippen molar-refractivity contribution in [3.8, 4) is 11.5 Å². The number of benzene rings is 1. The Kier molecular flexibility index (Phi) is 4.50. The second-order valence-corrected chi connectivity index (χ2v) is 9.50. The zero-order chi connectivity index (χ0) is 19.1. The van der Waals surface area contributed by atoms with Crippen molar-refractivity contribution in [3.05, 3.63) is 63.0 Å². The van der Waals surface area contributed by atoms with Crippen molar-refractivity contribution in [1.82, 2.24) is 9.97 Å². The highest BCUT2D eigenvalue weighted by Gasteiger charge is 2.24. The lowest BCUT2D eigenvalue weighted by atomic mass is 10.2. The molecular formula is C19H12BrN3O3S2. The molecule has 0 unspecified atom stereocenters. The van der Waals surface area contributed by atoms with Crippen molar-refractivity contribution in [2.45, 2.75) is 6.54 Å². The van der Waals surface area contributed by atoms with Crippen molar-refractivity contribution in [1.29, 1.82) is 0 Å². The van der Waals surface area contributed by atoms with Gasteiger partial charge in [0.15, 0.2) is 16.6 Å². The highest BCUT2D eigenvalue weighted by Crippen LogP contribution is 2.40. The lowest BCUT2D eigenvalue weighted by Crippen LogP contribution is -2.29. The van der Waals surface area contributed by atoms with Crippen LogP contribution in [0, 0.1) is 0 Å². The summed E-state index contributed by atoms with van der Waals surface area (Å²) in [5.74, 6) is 1.28. The summed E-state index contributed by atoms with van der Waals surface area (Å²) < 4.78 is 12.7. The molecule has 0 spiro atoms. The van der Waals surface area contributed by atoms with E-state index >= 15 is 0 Å². The molecule has 0 bridgehead atoms. The van der Waals surface area contributed by atoms with E-state index in [1.807, 2.05) is 36.4 Å². The third-order valence-electron chi connectivity index (χ3n) is 4.20. The molecule has 0 saturated heterocycles. The molecule has 1 aromatic carbocycles. The summed E-state index contributed by atoms with van der Waals surface area (Å²) in [6.07, 6.45) is 3.47. The first kappa shape index (κ1) is 17.6. The molecule has 140 valence electrons. The number of pyridine rings is 1. The van der Waals surface area contributed by atoms with E-state index < -0.39 is 0 Å². The van der Waals surface area contributed by atoms with Gasteiger partial charge in [-0.3, -0.25) is 14.7 Å². The molecule has 0 atom stereocenters. The molecule has 1 aliphatic rings. The van der Waals surface area contributed by atoms with Crippen molar-refractivity contribution < 1.29 is 14.3 Å². The summed E-state index contributed by atoms with van der Waals surface area (Å²) in [6.45, 7) is 0.604. The minimum Gasteiger partial charge on any atom is -0.454 e. The van der Waals surface area contributed by atoms with Crippen molar-refractivity contribution >= 4 is 59.9 Å². The lowest BCUT2D eigenvalue weighted by molar-refractivity contribution is 0.0989. The van der Waals surface area contributed by atoms with Crippen LogP contribution < -0.4 is 14.4 Å². The van der Waals surface area contributed by atoms with Crippen LogP contribution in [-0.4, -0.2) is 22.7 Å². The monoisotopic (exact) mass is 473 g/mol. The Hall–Kier alpha value is -2.49. The summed E-state index contributed by atoms with van der Waals surface area (Å²) in [6, 6.07) is 11.3. The summed E-state index contributed by atoms with van der Waals surface area (Å²) in [7, 11) is 0. The van der Waals surface area contributed by atoms with Crippen molar-refractivity contribution in [2.75, 3.05) is 11.7 Å². The summed E-state index contributed by atoms with van der Waals surface area (Å²) >= 11 is 6.28. The maximum absolute atomic E-state index is 13.3. The highest BCUT2D eigenvalue weighted by atomic mass is 79.9. The number of hydrogen-bond acceptors (Lipinski definition) is 7. The second kappa shape index (κ2) is 7.16. The third kappa shape index (κ3) is 3.25. The fraction of sp³-hybridized carbons (Fsp3) is 0.105. The SMILES string of the molecule is O=C(c1ccc(Br)s1)N(Cc1cccnc1)c1nc2cc3c(cc2s1)OCO3. The van der Waals surface area contributed by atoms with Gasteiger partial charge in [0, 0.05) is 24.5 Å². The van der Waals surface area contributed by atoms with Gasteiger partial charge in [-0.2, -0.15) is 0 Å². The molecule has 0 fully saturated rings. The van der Waals surface area contributed by atoms with Gasteiger partial charge in [-0.25, -0.2) is 4.98 Å². The van der Waals surface area contributed by atoms with Crippen LogP contribution in [0.3, 0.4) is 0 Å². The van der Waals surface area contributed by atoms with E-state index in [0.717, 1.165) is 19.6 Å². The number of aromatic nitrogens is 2. The molecule has 4 aromatic rings. The fourth-order valence-electron chi connectivity index (χ4n) is 2.88. The molecule has 4 heterocycles. The summed E-state index contributed by atoms with van der Waals surface area (Å²) in [5, 5.41) is 0.622. The first-order valence-electron chi connectivity index (χ1n) is 8.34. The average molecular weight is 474 g/mol. The molecule has 9 heteroatoms. The first-order chi connectivity index (χ1) is 13.7. The zero-order valence-corrected chi connectivity index (χ0v) is 17.5. The molecule has 6 nitrogen and oxygen atoms in total. The van der Waals surface area contributed by atoms with Crippen molar-refractivity contribution in [2.24, 2.45) is 0 Å². The number of thiophene rings is 1. The number of thiazole rings is 1. The molecule has 5 rings (SSSR count). The predicted molar refractivity (Wildman–Crippen MR) is 113 cm³/mol. The number of anilines is 1. The Morgan fingerprint density at radius 2 is 2.04 bits per heavy atom. The van der Waals surface area contributed by atoms with Crippen LogP contribution in [0.25, 0.3) is 10.2 Å². The number of fused-ring (bicyclic) bond motifs is 2. The van der Waals surface area contributed by atoms with Gasteiger partial charge >= 0.3 is 0 Å². The Bertz CT molecular complexity index is 1130. The van der Waals surface area contributed by atoms with Gasteiger partial charge in [-0.05, 0) is 39.7 Å². The van der Waals surface area contributed by atoms with E-state index in [2.05, 4.69) is 20.9 Å². The van der Waals surface area contributed by atoms with E-state index in [0.29, 0.717) is 28.1 Å². The molecule has 0 aliphatic carbocycles. The Morgan fingerprint density at radius 3 is 2.79 bits per heavy atom. The molecule has 0 saturated carbocycles. The van der Waals surface area contributed by atoms with Crippen LogP contribution in [0.1, 0.15) is 15.2 Å². The Labute approximate surface area is 176 Å². The predicted octanol–water partition coefficient (Wildman–Crippen LogP) is 5.09. The molecule has 28 heavy (non-hydrogen) atoms. The number of nitrogens with zero attached hydrogens (tertiary/aromatic N) is 3. The lowest BCUT2D eigenvalue weighted by Gasteiger charge is -2.19. The van der Waals surface area contributed by atoms with Crippen LogP contribution in [0.2, 0.25) is 0 Å². The number of hydrogen-bond donors (Lipinski definition) is 0. The number of rotatable bonds is 4. The standard InChI is InChI=1S/C19H12BrN3O3S2/c20-17-4-3-15(27-17)18(24)23(9-11-2-1-5-21-8-11)19-22-12-6-13-14(26-10-25-13)7-16(12)28-19/h1-8H,9-10H2. The number of halogens is 1. The highest BCUT2D eigenvalue weighted by molar-refractivity contribution is 9.11. The average Bonchev–Trinajstić information content (AvgIpc) is 3.43. The molecular weight excluding hydrogens is 462 g/mol. The van der Waals surface area contributed by atoms with Gasteiger partial charge < -0.3 is 9.47 Å². The largest absolute Gasteiger partial charge is 0.454 e. The number of ether oxygens (including phenoxy) is 2. The summed E-state index contributed by atoms with van der Waals surface area (Å²) in [5.41, 5.74) is 1.71. The molecule has 3 aromatic heterocycles. The molecule has 0 radical (unpaired) electrons. The van der Waals surface area contributed by atoms with Crippen LogP contribution in [-0.2, 0) is 6.54 Å². The van der Waals surface area contributed by atoms with E-state index in [4.69, 9.17) is 14.5 Å². The first-order valence-corrected chi connectivity index (χ1v) is 10.8. The number of carbonyl (C=O) groups is 1. The van der Waals surface area contributed by atoms with Gasteiger partial charge in [-0.15, -0.1) is 11.3 Å². The molecule has 1 aliphatic heterocycles. The fourth-order valence-corrected chi connectivity index (χ4v) is 5.19. The van der Waals surface area contributed by atoms with Crippen molar-refractivity contribution in [3.63, 3.8) is 0 Å². The van der Waals surface area contributed by atoms with Crippen LogP contribution in [0.5, 0.6) is 11.5 Å². The van der Waals surface area contributed by atoms with E-state index in [1.54, 1.807) is 17.3 Å². The maximum Gasteiger partial charge on any atom is 0.270 e. The summed E-state index contributed by atoms with van der Waals surface area (Å²) in [4.78, 5) is 24.4. The van der Waals surface area contributed by atoms with E-state index in [9.17, 15) is 4.79 Å². The van der Waals surface area contributed by atoms with Gasteiger partial charge in [0.25, 0.3) is 5.91 Å². The second-order valence-electron chi connectivity index (χ2n) is 6.03. The van der Waals surface area contributed by atoms with E-state index in [1.165, 1.54) is 22.7 Å². The maximum atomic E-state index is 13.3. The van der Waals surface area contributed by atoms with Gasteiger partial charge in [0.05, 0.1) is 25.4 Å². The van der Waals surface area contributed by atoms with E-state index in [-0.39, 0.29) is 12.7 Å². The topological polar surface area (TPSA) is 64.6 Å². The minimum atomic E-state index is -0.0985.